The Hall–Kier alpha value is -1.38. The van der Waals surface area contributed by atoms with Gasteiger partial charge in [-0.05, 0) is 41.0 Å². The Bertz CT molecular complexity index is 605. The summed E-state index contributed by atoms with van der Waals surface area (Å²) in [4.78, 5) is 4.47. The molecule has 86 valence electrons. The molecule has 5 heteroatoms. The largest absolute Gasteiger partial charge is 0.316 e. The van der Waals surface area contributed by atoms with Crippen LogP contribution in [0.15, 0.2) is 22.8 Å². The van der Waals surface area contributed by atoms with Crippen molar-refractivity contribution >= 4 is 21.4 Å². The van der Waals surface area contributed by atoms with Crippen LogP contribution in [0.25, 0.3) is 5.52 Å². The Morgan fingerprint density at radius 3 is 3.12 bits per heavy atom. The third kappa shape index (κ3) is 1.74. The number of nitrogens with one attached hydrogen (secondary N) is 1. The van der Waals surface area contributed by atoms with Crippen LogP contribution in [0.4, 0.5) is 0 Å². The molecule has 17 heavy (non-hydrogen) atoms. The SMILES string of the molecule is N#Cc1nc(C2CCNC2)n2cc(Br)ccc12. The maximum absolute atomic E-state index is 9.11. The average Bonchev–Trinajstić information content (AvgIpc) is 2.94. The molecule has 1 fully saturated rings. The average molecular weight is 291 g/mol. The molecule has 3 heterocycles. The molecule has 1 atom stereocenters. The molecule has 0 spiro atoms. The van der Waals surface area contributed by atoms with E-state index in [-0.39, 0.29) is 0 Å². The van der Waals surface area contributed by atoms with Crippen molar-refractivity contribution in [3.05, 3.63) is 34.3 Å². The number of rotatable bonds is 1. The second kappa shape index (κ2) is 4.13. The lowest BCUT2D eigenvalue weighted by Gasteiger charge is -2.07. The Morgan fingerprint density at radius 2 is 2.41 bits per heavy atom. The second-order valence-electron chi connectivity index (χ2n) is 4.22. The summed E-state index contributed by atoms with van der Waals surface area (Å²) in [6, 6.07) is 6.04. The highest BCUT2D eigenvalue weighted by Crippen LogP contribution is 2.25. The van der Waals surface area contributed by atoms with E-state index in [0.29, 0.717) is 11.6 Å². The molecular weight excluding hydrogens is 280 g/mol. The van der Waals surface area contributed by atoms with Crippen molar-refractivity contribution in [1.29, 1.82) is 5.26 Å². The topological polar surface area (TPSA) is 53.1 Å². The molecule has 0 amide bonds. The third-order valence-corrected chi connectivity index (χ3v) is 3.63. The maximum Gasteiger partial charge on any atom is 0.166 e. The number of halogens is 1. The maximum atomic E-state index is 9.11. The van der Waals surface area contributed by atoms with E-state index in [1.54, 1.807) is 0 Å². The van der Waals surface area contributed by atoms with E-state index in [1.165, 1.54) is 0 Å². The molecule has 1 unspecified atom stereocenters. The van der Waals surface area contributed by atoms with Gasteiger partial charge in [-0.1, -0.05) is 0 Å². The Morgan fingerprint density at radius 1 is 1.53 bits per heavy atom. The summed E-state index contributed by atoms with van der Waals surface area (Å²) in [5.41, 5.74) is 1.40. The van der Waals surface area contributed by atoms with Gasteiger partial charge in [0.25, 0.3) is 0 Å². The summed E-state index contributed by atoms with van der Waals surface area (Å²) in [5.74, 6) is 1.39. The van der Waals surface area contributed by atoms with Crippen LogP contribution in [0, 0.1) is 11.3 Å². The summed E-state index contributed by atoms with van der Waals surface area (Å²) < 4.78 is 3.03. The number of nitrogens with zero attached hydrogens (tertiary/aromatic N) is 3. The van der Waals surface area contributed by atoms with Crippen molar-refractivity contribution in [1.82, 2.24) is 14.7 Å². The molecule has 2 aromatic rings. The van der Waals surface area contributed by atoms with E-state index in [4.69, 9.17) is 5.26 Å². The highest BCUT2D eigenvalue weighted by Gasteiger charge is 2.23. The van der Waals surface area contributed by atoms with Gasteiger partial charge >= 0.3 is 0 Å². The molecule has 1 saturated heterocycles. The van der Waals surface area contributed by atoms with Crippen molar-refractivity contribution < 1.29 is 0 Å². The predicted molar refractivity (Wildman–Crippen MR) is 67.8 cm³/mol. The van der Waals surface area contributed by atoms with Gasteiger partial charge in [-0.2, -0.15) is 5.26 Å². The summed E-state index contributed by atoms with van der Waals surface area (Å²) in [7, 11) is 0. The first kappa shape index (κ1) is 10.8. The fourth-order valence-electron chi connectivity index (χ4n) is 2.33. The van der Waals surface area contributed by atoms with Gasteiger partial charge in [0.15, 0.2) is 5.69 Å². The lowest BCUT2D eigenvalue weighted by molar-refractivity contribution is 0.698. The molecule has 3 rings (SSSR count). The number of hydrogen-bond acceptors (Lipinski definition) is 3. The summed E-state index contributed by atoms with van der Waals surface area (Å²) in [5, 5.41) is 12.4. The van der Waals surface area contributed by atoms with Gasteiger partial charge in [0.05, 0.1) is 5.52 Å². The summed E-state index contributed by atoms with van der Waals surface area (Å²) in [6.07, 6.45) is 3.06. The number of fused-ring (bicyclic) bond motifs is 1. The molecule has 0 aromatic carbocycles. The van der Waals surface area contributed by atoms with Crippen LogP contribution in [0.1, 0.15) is 23.9 Å². The van der Waals surface area contributed by atoms with Gasteiger partial charge in [-0.15, -0.1) is 0 Å². The Kier molecular flexibility index (Phi) is 2.61. The summed E-state index contributed by atoms with van der Waals surface area (Å²) >= 11 is 3.46. The molecule has 2 aromatic heterocycles. The molecule has 1 N–H and O–H groups in total. The van der Waals surface area contributed by atoms with Crippen LogP contribution in [-0.4, -0.2) is 22.5 Å². The number of hydrogen-bond donors (Lipinski definition) is 1. The smallest absolute Gasteiger partial charge is 0.166 e. The minimum absolute atomic E-state index is 0.402. The zero-order valence-corrected chi connectivity index (χ0v) is 10.7. The standard InChI is InChI=1S/C12H11BrN4/c13-9-1-2-11-10(5-14)16-12(17(11)7-9)8-3-4-15-6-8/h1-2,7-8,15H,3-4,6H2. The zero-order valence-electron chi connectivity index (χ0n) is 9.15. The predicted octanol–water partition coefficient (Wildman–Crippen LogP) is 2.05. The number of aromatic nitrogens is 2. The van der Waals surface area contributed by atoms with Crippen LogP contribution in [0.5, 0.6) is 0 Å². The normalized spacial score (nSPS) is 19.6. The fraction of sp³-hybridized carbons (Fsp3) is 0.333. The Labute approximate surface area is 107 Å². The lowest BCUT2D eigenvalue weighted by Crippen LogP contribution is -2.10. The van der Waals surface area contributed by atoms with Crippen molar-refractivity contribution in [3.8, 4) is 6.07 Å². The van der Waals surface area contributed by atoms with E-state index >= 15 is 0 Å². The van der Waals surface area contributed by atoms with Gasteiger partial charge in [-0.3, -0.25) is 0 Å². The first-order valence-electron chi connectivity index (χ1n) is 5.58. The van der Waals surface area contributed by atoms with Crippen LogP contribution in [0.2, 0.25) is 0 Å². The van der Waals surface area contributed by atoms with E-state index in [2.05, 4.69) is 32.3 Å². The van der Waals surface area contributed by atoms with Crippen LogP contribution in [0.3, 0.4) is 0 Å². The molecule has 4 nitrogen and oxygen atoms in total. The minimum atomic E-state index is 0.402. The third-order valence-electron chi connectivity index (χ3n) is 3.16. The highest BCUT2D eigenvalue weighted by molar-refractivity contribution is 9.10. The first-order chi connectivity index (χ1) is 8.29. The highest BCUT2D eigenvalue weighted by atomic mass is 79.9. The van der Waals surface area contributed by atoms with E-state index in [0.717, 1.165) is 35.3 Å². The molecule has 1 aliphatic rings. The fourth-order valence-corrected chi connectivity index (χ4v) is 2.67. The van der Waals surface area contributed by atoms with Gasteiger partial charge in [0, 0.05) is 23.1 Å². The molecule has 0 bridgehead atoms. The molecule has 0 saturated carbocycles. The van der Waals surface area contributed by atoms with E-state index in [9.17, 15) is 0 Å². The zero-order chi connectivity index (χ0) is 11.8. The van der Waals surface area contributed by atoms with Gasteiger partial charge < -0.3 is 9.72 Å². The minimum Gasteiger partial charge on any atom is -0.316 e. The molecule has 0 aliphatic carbocycles. The second-order valence-corrected chi connectivity index (χ2v) is 5.14. The van der Waals surface area contributed by atoms with Crippen molar-refractivity contribution in [2.75, 3.05) is 13.1 Å². The molecule has 0 radical (unpaired) electrons. The number of pyridine rings is 1. The van der Waals surface area contributed by atoms with Gasteiger partial charge in [0.2, 0.25) is 0 Å². The van der Waals surface area contributed by atoms with E-state index < -0.39 is 0 Å². The molecular formula is C12H11BrN4. The Balaban J connectivity index is 2.23. The van der Waals surface area contributed by atoms with Gasteiger partial charge in [0.1, 0.15) is 11.9 Å². The van der Waals surface area contributed by atoms with Crippen molar-refractivity contribution in [2.24, 2.45) is 0 Å². The van der Waals surface area contributed by atoms with Crippen molar-refractivity contribution in [2.45, 2.75) is 12.3 Å². The van der Waals surface area contributed by atoms with Crippen LogP contribution >= 0.6 is 15.9 Å². The van der Waals surface area contributed by atoms with E-state index in [1.807, 2.05) is 22.7 Å². The van der Waals surface area contributed by atoms with Crippen LogP contribution < -0.4 is 5.32 Å². The molecule has 1 aliphatic heterocycles. The number of imidazole rings is 1. The lowest BCUT2D eigenvalue weighted by atomic mass is 10.1. The monoisotopic (exact) mass is 290 g/mol. The number of nitriles is 1. The summed E-state index contributed by atoms with van der Waals surface area (Å²) in [6.45, 7) is 1.96. The van der Waals surface area contributed by atoms with Crippen LogP contribution in [-0.2, 0) is 0 Å². The van der Waals surface area contributed by atoms with Crippen molar-refractivity contribution in [3.63, 3.8) is 0 Å². The van der Waals surface area contributed by atoms with Gasteiger partial charge in [-0.25, -0.2) is 4.98 Å². The first-order valence-corrected chi connectivity index (χ1v) is 6.37. The quantitative estimate of drug-likeness (QED) is 0.875.